The van der Waals surface area contributed by atoms with Gasteiger partial charge in [-0.25, -0.2) is 0 Å². The molecule has 0 aromatic heterocycles. The smallest absolute Gasteiger partial charge is 0.174 e. The zero-order valence-electron chi connectivity index (χ0n) is 12.3. The molecule has 3 unspecified atom stereocenters. The summed E-state index contributed by atoms with van der Waals surface area (Å²) in [5.74, 6) is -0.0149. The van der Waals surface area contributed by atoms with Crippen molar-refractivity contribution >= 4 is 11.6 Å². The minimum atomic E-state index is -0.549. The fraction of sp³-hybridized carbons (Fsp3) is 0.529. The van der Waals surface area contributed by atoms with Crippen LogP contribution in [-0.2, 0) is 4.79 Å². The molecule has 0 aliphatic carbocycles. The highest BCUT2D eigenvalue weighted by Crippen LogP contribution is 2.26. The van der Waals surface area contributed by atoms with Crippen LogP contribution in [0.1, 0.15) is 43.5 Å². The van der Waals surface area contributed by atoms with Crippen molar-refractivity contribution in [3.05, 3.63) is 35.9 Å². The third-order valence-electron chi connectivity index (χ3n) is 4.30. The summed E-state index contributed by atoms with van der Waals surface area (Å²) in [7, 11) is 0. The van der Waals surface area contributed by atoms with Crippen LogP contribution in [0.25, 0.3) is 0 Å². The van der Waals surface area contributed by atoms with E-state index in [1.807, 2.05) is 18.2 Å². The molecule has 3 nitrogen and oxygen atoms in total. The second-order valence-electron chi connectivity index (χ2n) is 5.68. The summed E-state index contributed by atoms with van der Waals surface area (Å²) in [5.41, 5.74) is 0.633. The lowest BCUT2D eigenvalue weighted by atomic mass is 9.79. The fourth-order valence-electron chi connectivity index (χ4n) is 3.09. The molecule has 20 heavy (non-hydrogen) atoms. The molecule has 0 saturated carbocycles. The van der Waals surface area contributed by atoms with E-state index in [0.717, 1.165) is 25.8 Å². The standard InChI is InChI=1S/C17H23NO2/c1-3-13-9-10-18-15(11-13)16(12(2)19)17(20)14-7-5-4-6-8-14/h4-8,13,15-16,18H,3,9-11H2,1-2H3. The van der Waals surface area contributed by atoms with E-state index in [4.69, 9.17) is 0 Å². The number of piperidine rings is 1. The van der Waals surface area contributed by atoms with Gasteiger partial charge in [0.05, 0.1) is 5.92 Å². The van der Waals surface area contributed by atoms with Gasteiger partial charge in [-0.15, -0.1) is 0 Å². The van der Waals surface area contributed by atoms with E-state index in [0.29, 0.717) is 11.5 Å². The first kappa shape index (κ1) is 14.9. The summed E-state index contributed by atoms with van der Waals surface area (Å²) in [4.78, 5) is 24.6. The Hall–Kier alpha value is -1.48. The Morgan fingerprint density at radius 3 is 2.60 bits per heavy atom. The first-order valence-electron chi connectivity index (χ1n) is 7.46. The highest BCUT2D eigenvalue weighted by atomic mass is 16.1. The van der Waals surface area contributed by atoms with Crippen LogP contribution < -0.4 is 5.32 Å². The quantitative estimate of drug-likeness (QED) is 0.663. The molecular weight excluding hydrogens is 250 g/mol. The zero-order valence-corrected chi connectivity index (χ0v) is 12.3. The van der Waals surface area contributed by atoms with Crippen LogP contribution in [0.4, 0.5) is 0 Å². The molecule has 0 spiro atoms. The zero-order chi connectivity index (χ0) is 14.5. The van der Waals surface area contributed by atoms with E-state index in [1.165, 1.54) is 6.92 Å². The maximum Gasteiger partial charge on any atom is 0.174 e. The summed E-state index contributed by atoms with van der Waals surface area (Å²) in [5, 5.41) is 3.37. The molecule has 1 N–H and O–H groups in total. The topological polar surface area (TPSA) is 46.2 Å². The van der Waals surface area contributed by atoms with Crippen molar-refractivity contribution in [3.8, 4) is 0 Å². The number of carbonyl (C=O) groups is 2. The van der Waals surface area contributed by atoms with Gasteiger partial charge in [0.2, 0.25) is 0 Å². The monoisotopic (exact) mass is 273 g/mol. The Morgan fingerprint density at radius 2 is 2.00 bits per heavy atom. The Bertz CT molecular complexity index is 469. The third-order valence-corrected chi connectivity index (χ3v) is 4.30. The van der Waals surface area contributed by atoms with Gasteiger partial charge in [0.25, 0.3) is 0 Å². The van der Waals surface area contributed by atoms with Crippen LogP contribution in [0.3, 0.4) is 0 Å². The summed E-state index contributed by atoms with van der Waals surface area (Å²) >= 11 is 0. The molecule has 1 aromatic carbocycles. The van der Waals surface area contributed by atoms with Gasteiger partial charge in [-0.3, -0.25) is 9.59 Å². The average Bonchev–Trinajstić information content (AvgIpc) is 2.48. The molecule has 1 aliphatic heterocycles. The molecule has 108 valence electrons. The van der Waals surface area contributed by atoms with E-state index in [2.05, 4.69) is 12.2 Å². The Morgan fingerprint density at radius 1 is 1.30 bits per heavy atom. The average molecular weight is 273 g/mol. The molecule has 1 aliphatic rings. The van der Waals surface area contributed by atoms with Crippen LogP contribution in [0, 0.1) is 11.8 Å². The third kappa shape index (κ3) is 3.34. The molecule has 3 heteroatoms. The molecule has 0 radical (unpaired) electrons. The van der Waals surface area contributed by atoms with Gasteiger partial charge in [0.15, 0.2) is 5.78 Å². The molecule has 1 fully saturated rings. The largest absolute Gasteiger partial charge is 0.313 e. The molecule has 2 rings (SSSR count). The van der Waals surface area contributed by atoms with Crippen molar-refractivity contribution < 1.29 is 9.59 Å². The first-order valence-corrected chi connectivity index (χ1v) is 7.46. The molecule has 0 amide bonds. The van der Waals surface area contributed by atoms with E-state index >= 15 is 0 Å². The number of carbonyl (C=O) groups excluding carboxylic acids is 2. The van der Waals surface area contributed by atoms with Crippen LogP contribution >= 0.6 is 0 Å². The predicted octanol–water partition coefficient (Wildman–Crippen LogP) is 2.85. The van der Waals surface area contributed by atoms with Crippen molar-refractivity contribution in [2.45, 2.75) is 39.2 Å². The maximum absolute atomic E-state index is 12.6. The fourth-order valence-corrected chi connectivity index (χ4v) is 3.09. The highest BCUT2D eigenvalue weighted by molar-refractivity contribution is 6.10. The van der Waals surface area contributed by atoms with Crippen molar-refractivity contribution in [1.29, 1.82) is 0 Å². The van der Waals surface area contributed by atoms with Crippen LogP contribution in [-0.4, -0.2) is 24.2 Å². The number of benzene rings is 1. The lowest BCUT2D eigenvalue weighted by Gasteiger charge is -2.33. The summed E-state index contributed by atoms with van der Waals surface area (Å²) < 4.78 is 0. The van der Waals surface area contributed by atoms with E-state index in [-0.39, 0.29) is 17.6 Å². The van der Waals surface area contributed by atoms with E-state index in [1.54, 1.807) is 12.1 Å². The van der Waals surface area contributed by atoms with Gasteiger partial charge in [-0.2, -0.15) is 0 Å². The van der Waals surface area contributed by atoms with Gasteiger partial charge in [-0.1, -0.05) is 43.7 Å². The summed E-state index contributed by atoms with van der Waals surface area (Å²) in [6.45, 7) is 4.60. The summed E-state index contributed by atoms with van der Waals surface area (Å²) in [6, 6.07) is 9.13. The van der Waals surface area contributed by atoms with Gasteiger partial charge >= 0.3 is 0 Å². The van der Waals surface area contributed by atoms with Crippen molar-refractivity contribution in [2.75, 3.05) is 6.54 Å². The van der Waals surface area contributed by atoms with Crippen molar-refractivity contribution in [3.63, 3.8) is 0 Å². The Balaban J connectivity index is 2.19. The van der Waals surface area contributed by atoms with Crippen molar-refractivity contribution in [2.24, 2.45) is 11.8 Å². The first-order chi connectivity index (χ1) is 9.63. The number of hydrogen-bond acceptors (Lipinski definition) is 3. The number of ketones is 2. The lowest BCUT2D eigenvalue weighted by Crippen LogP contribution is -2.48. The molecular formula is C17H23NO2. The minimum absolute atomic E-state index is 0.0149. The van der Waals surface area contributed by atoms with E-state index in [9.17, 15) is 9.59 Å². The van der Waals surface area contributed by atoms with Gasteiger partial charge in [-0.05, 0) is 32.2 Å². The Kier molecular flexibility index (Phi) is 5.07. The van der Waals surface area contributed by atoms with Gasteiger partial charge in [0.1, 0.15) is 5.78 Å². The normalized spacial score (nSPS) is 24.1. The van der Waals surface area contributed by atoms with Crippen molar-refractivity contribution in [1.82, 2.24) is 5.32 Å². The molecule has 0 bridgehead atoms. The minimum Gasteiger partial charge on any atom is -0.313 e. The second-order valence-corrected chi connectivity index (χ2v) is 5.68. The number of rotatable bonds is 5. The molecule has 3 atom stereocenters. The van der Waals surface area contributed by atoms with E-state index < -0.39 is 5.92 Å². The molecule has 1 saturated heterocycles. The van der Waals surface area contributed by atoms with Gasteiger partial charge in [0, 0.05) is 11.6 Å². The lowest BCUT2D eigenvalue weighted by molar-refractivity contribution is -0.120. The SMILES string of the molecule is CCC1CCNC(C(C(C)=O)C(=O)c2ccccc2)C1. The maximum atomic E-state index is 12.6. The van der Waals surface area contributed by atoms with Gasteiger partial charge < -0.3 is 5.32 Å². The number of nitrogens with one attached hydrogen (secondary N) is 1. The highest BCUT2D eigenvalue weighted by Gasteiger charge is 2.35. The molecule has 1 heterocycles. The second kappa shape index (κ2) is 6.80. The molecule has 1 aromatic rings. The van der Waals surface area contributed by atoms with Crippen LogP contribution in [0.2, 0.25) is 0 Å². The number of Topliss-reactive ketones (excluding diaryl/α,β-unsaturated/α-hetero) is 2. The Labute approximate surface area is 120 Å². The number of hydrogen-bond donors (Lipinski definition) is 1. The van der Waals surface area contributed by atoms with Crippen LogP contribution in [0.15, 0.2) is 30.3 Å². The predicted molar refractivity (Wildman–Crippen MR) is 79.7 cm³/mol. The van der Waals surface area contributed by atoms with Crippen LogP contribution in [0.5, 0.6) is 0 Å². The summed E-state index contributed by atoms with van der Waals surface area (Å²) in [6.07, 6.45) is 3.17.